The van der Waals surface area contributed by atoms with Gasteiger partial charge >= 0.3 is 0 Å². The largest absolute Gasteiger partial charge is 0.326 e. The number of hydrogen-bond donors (Lipinski definition) is 1. The SMILES string of the molecule is Cl.NCc1ccnc(Cl)c1F. The van der Waals surface area contributed by atoms with Gasteiger partial charge in [0.05, 0.1) is 0 Å². The van der Waals surface area contributed by atoms with E-state index in [1.165, 1.54) is 12.3 Å². The molecule has 0 aliphatic rings. The van der Waals surface area contributed by atoms with Crippen LogP contribution in [-0.2, 0) is 6.54 Å². The number of nitrogens with zero attached hydrogens (tertiary/aromatic N) is 1. The average Bonchev–Trinajstić information content (AvgIpc) is 1.95. The van der Waals surface area contributed by atoms with Gasteiger partial charge in [-0.05, 0) is 6.07 Å². The number of nitrogens with two attached hydrogens (primary N) is 1. The molecule has 62 valence electrons. The predicted molar refractivity (Wildman–Crippen MR) is 44.3 cm³/mol. The second kappa shape index (κ2) is 4.49. The molecule has 0 saturated carbocycles. The van der Waals surface area contributed by atoms with Crippen LogP contribution in [0, 0.1) is 5.82 Å². The average molecular weight is 197 g/mol. The van der Waals surface area contributed by atoms with E-state index in [1.54, 1.807) is 0 Å². The summed E-state index contributed by atoms with van der Waals surface area (Å²) in [6.45, 7) is 0.147. The Kier molecular flexibility index (Phi) is 4.33. The van der Waals surface area contributed by atoms with Crippen LogP contribution in [0.3, 0.4) is 0 Å². The number of pyridine rings is 1. The molecule has 0 amide bonds. The van der Waals surface area contributed by atoms with Gasteiger partial charge in [-0.25, -0.2) is 9.37 Å². The van der Waals surface area contributed by atoms with Crippen LogP contribution in [0.2, 0.25) is 5.15 Å². The van der Waals surface area contributed by atoms with Crippen molar-refractivity contribution in [1.82, 2.24) is 4.98 Å². The fourth-order valence-corrected chi connectivity index (χ4v) is 0.790. The summed E-state index contributed by atoms with van der Waals surface area (Å²) in [5.41, 5.74) is 5.58. The summed E-state index contributed by atoms with van der Waals surface area (Å²) in [6.07, 6.45) is 1.42. The first-order chi connectivity index (χ1) is 4.75. The van der Waals surface area contributed by atoms with Gasteiger partial charge in [0, 0.05) is 18.3 Å². The van der Waals surface area contributed by atoms with E-state index in [0.717, 1.165) is 0 Å². The Bertz CT molecular complexity index is 242. The highest BCUT2D eigenvalue weighted by atomic mass is 35.5. The molecule has 1 heterocycles. The maximum absolute atomic E-state index is 12.7. The van der Waals surface area contributed by atoms with Crippen LogP contribution in [0.25, 0.3) is 0 Å². The van der Waals surface area contributed by atoms with Crippen molar-refractivity contribution in [2.24, 2.45) is 5.73 Å². The molecule has 0 atom stereocenters. The molecule has 0 spiro atoms. The molecule has 0 bridgehead atoms. The van der Waals surface area contributed by atoms with Crippen molar-refractivity contribution in [2.75, 3.05) is 0 Å². The Morgan fingerprint density at radius 1 is 1.64 bits per heavy atom. The minimum absolute atomic E-state index is 0. The van der Waals surface area contributed by atoms with E-state index in [9.17, 15) is 4.39 Å². The smallest absolute Gasteiger partial charge is 0.165 e. The molecular weight excluding hydrogens is 190 g/mol. The molecule has 2 nitrogen and oxygen atoms in total. The molecule has 0 aromatic carbocycles. The van der Waals surface area contributed by atoms with Gasteiger partial charge in [-0.15, -0.1) is 12.4 Å². The fourth-order valence-electron chi connectivity index (χ4n) is 0.613. The van der Waals surface area contributed by atoms with Crippen LogP contribution in [-0.4, -0.2) is 4.98 Å². The Morgan fingerprint density at radius 2 is 2.27 bits per heavy atom. The van der Waals surface area contributed by atoms with Gasteiger partial charge in [-0.2, -0.15) is 0 Å². The van der Waals surface area contributed by atoms with Gasteiger partial charge in [0.15, 0.2) is 11.0 Å². The van der Waals surface area contributed by atoms with Crippen molar-refractivity contribution in [2.45, 2.75) is 6.54 Å². The second-order valence-electron chi connectivity index (χ2n) is 1.78. The number of hydrogen-bond acceptors (Lipinski definition) is 2. The summed E-state index contributed by atoms with van der Waals surface area (Å²) in [7, 11) is 0. The van der Waals surface area contributed by atoms with Crippen molar-refractivity contribution in [3.63, 3.8) is 0 Å². The van der Waals surface area contributed by atoms with Crippen molar-refractivity contribution in [3.8, 4) is 0 Å². The van der Waals surface area contributed by atoms with E-state index in [4.69, 9.17) is 17.3 Å². The van der Waals surface area contributed by atoms with E-state index in [2.05, 4.69) is 4.98 Å². The highest BCUT2D eigenvalue weighted by molar-refractivity contribution is 6.29. The Labute approximate surface area is 75.0 Å². The summed E-state index contributed by atoms with van der Waals surface area (Å²) in [6, 6.07) is 1.50. The van der Waals surface area contributed by atoms with Gasteiger partial charge in [-0.3, -0.25) is 0 Å². The minimum Gasteiger partial charge on any atom is -0.326 e. The quantitative estimate of drug-likeness (QED) is 0.696. The molecule has 0 aliphatic carbocycles. The Hall–Kier alpha value is -0.380. The molecule has 5 heteroatoms. The zero-order valence-corrected chi connectivity index (χ0v) is 7.12. The topological polar surface area (TPSA) is 38.9 Å². The van der Waals surface area contributed by atoms with Gasteiger partial charge in [0.2, 0.25) is 0 Å². The molecule has 0 saturated heterocycles. The highest BCUT2D eigenvalue weighted by Gasteiger charge is 2.03. The third kappa shape index (κ3) is 2.29. The summed E-state index contributed by atoms with van der Waals surface area (Å²) in [4.78, 5) is 3.52. The lowest BCUT2D eigenvalue weighted by atomic mass is 10.3. The van der Waals surface area contributed by atoms with Crippen LogP contribution in [0.5, 0.6) is 0 Å². The Morgan fingerprint density at radius 3 is 2.73 bits per heavy atom. The molecule has 0 fully saturated rings. The molecule has 0 unspecified atom stereocenters. The maximum Gasteiger partial charge on any atom is 0.165 e. The van der Waals surface area contributed by atoms with E-state index in [-0.39, 0.29) is 24.1 Å². The molecule has 11 heavy (non-hydrogen) atoms. The van der Waals surface area contributed by atoms with Gasteiger partial charge in [0.25, 0.3) is 0 Å². The standard InChI is InChI=1S/C6H6ClFN2.ClH/c7-6-5(8)4(3-9)1-2-10-6;/h1-2H,3,9H2;1H. The number of rotatable bonds is 1. The lowest BCUT2D eigenvalue weighted by molar-refractivity contribution is 0.604. The van der Waals surface area contributed by atoms with Crippen LogP contribution < -0.4 is 5.73 Å². The first-order valence-electron chi connectivity index (χ1n) is 2.74. The van der Waals surface area contributed by atoms with Crippen molar-refractivity contribution < 1.29 is 4.39 Å². The van der Waals surface area contributed by atoms with E-state index < -0.39 is 5.82 Å². The van der Waals surface area contributed by atoms with Gasteiger partial charge in [-0.1, -0.05) is 11.6 Å². The van der Waals surface area contributed by atoms with Crippen LogP contribution in [0.1, 0.15) is 5.56 Å². The van der Waals surface area contributed by atoms with E-state index in [0.29, 0.717) is 5.56 Å². The summed E-state index contributed by atoms with van der Waals surface area (Å²) in [5, 5.41) is -0.122. The number of aromatic nitrogens is 1. The monoisotopic (exact) mass is 196 g/mol. The molecule has 2 N–H and O–H groups in total. The molecule has 0 aliphatic heterocycles. The highest BCUT2D eigenvalue weighted by Crippen LogP contribution is 2.13. The summed E-state index contributed by atoms with van der Waals surface area (Å²) in [5.74, 6) is -0.522. The lowest BCUT2D eigenvalue weighted by Gasteiger charge is -1.97. The molecule has 0 radical (unpaired) electrons. The van der Waals surface area contributed by atoms with Crippen molar-refractivity contribution in [1.29, 1.82) is 0 Å². The summed E-state index contributed by atoms with van der Waals surface area (Å²) >= 11 is 5.35. The predicted octanol–water partition coefficient (Wildman–Crippen LogP) is 1.75. The first-order valence-corrected chi connectivity index (χ1v) is 3.12. The normalized spacial score (nSPS) is 9.00. The molecule has 1 aromatic heterocycles. The van der Waals surface area contributed by atoms with Crippen LogP contribution in [0.15, 0.2) is 12.3 Å². The summed E-state index contributed by atoms with van der Waals surface area (Å²) < 4.78 is 12.7. The molecule has 1 rings (SSSR count). The zero-order chi connectivity index (χ0) is 7.56. The van der Waals surface area contributed by atoms with Gasteiger partial charge < -0.3 is 5.73 Å². The first kappa shape index (κ1) is 10.6. The fraction of sp³-hybridized carbons (Fsp3) is 0.167. The lowest BCUT2D eigenvalue weighted by Crippen LogP contribution is -2.00. The third-order valence-corrected chi connectivity index (χ3v) is 1.41. The zero-order valence-electron chi connectivity index (χ0n) is 5.55. The van der Waals surface area contributed by atoms with Crippen molar-refractivity contribution in [3.05, 3.63) is 28.8 Å². The second-order valence-corrected chi connectivity index (χ2v) is 2.14. The maximum atomic E-state index is 12.7. The molecule has 1 aromatic rings. The van der Waals surface area contributed by atoms with Crippen LogP contribution in [0.4, 0.5) is 4.39 Å². The third-order valence-electron chi connectivity index (χ3n) is 1.15. The van der Waals surface area contributed by atoms with E-state index >= 15 is 0 Å². The Balaban J connectivity index is 0.000001000. The van der Waals surface area contributed by atoms with Crippen molar-refractivity contribution >= 4 is 24.0 Å². The van der Waals surface area contributed by atoms with Crippen LogP contribution >= 0.6 is 24.0 Å². The molecular formula is C6H7Cl2FN2. The minimum atomic E-state index is -0.522. The van der Waals surface area contributed by atoms with Gasteiger partial charge in [0.1, 0.15) is 0 Å². The number of halogens is 3. The van der Waals surface area contributed by atoms with E-state index in [1.807, 2.05) is 0 Å².